The maximum absolute atomic E-state index is 15.0. The fraction of sp³-hybridized carbons (Fsp3) is 0.0690. The quantitative estimate of drug-likeness (QED) is 0.121. The number of hydrogen-bond acceptors (Lipinski definition) is 6. The number of fused-ring (bicyclic) bond motifs is 1. The number of rotatable bonds is 5. The molecular formula is C29H21F2N3O5. The molecule has 1 aromatic heterocycles. The number of carbonyl (C=O) groups is 1. The third-order valence-corrected chi connectivity index (χ3v) is 6.35. The number of carboxylic acid groups (broad SMARTS) is 1. The Bertz CT molecular complexity index is 1800. The van der Waals surface area contributed by atoms with E-state index >= 15 is 4.39 Å². The lowest BCUT2D eigenvalue weighted by Gasteiger charge is -2.09. The average molecular weight is 529 g/mol. The Labute approximate surface area is 220 Å². The third kappa shape index (κ3) is 4.63. The minimum Gasteiger partial charge on any atom is -0.505 e. The Morgan fingerprint density at radius 3 is 2.41 bits per heavy atom. The van der Waals surface area contributed by atoms with Crippen molar-refractivity contribution >= 4 is 28.4 Å². The van der Waals surface area contributed by atoms with Crippen LogP contribution in [-0.4, -0.2) is 26.0 Å². The van der Waals surface area contributed by atoms with E-state index < -0.39 is 23.7 Å². The van der Waals surface area contributed by atoms with E-state index in [0.29, 0.717) is 16.8 Å². The predicted octanol–water partition coefficient (Wildman–Crippen LogP) is 8.08. The van der Waals surface area contributed by atoms with Crippen LogP contribution in [0.1, 0.15) is 11.1 Å². The molecule has 196 valence electrons. The molecule has 0 fully saturated rings. The van der Waals surface area contributed by atoms with Gasteiger partial charge in [0.05, 0.1) is 10.9 Å². The summed E-state index contributed by atoms with van der Waals surface area (Å²) in [6, 6.07) is 18.3. The van der Waals surface area contributed by atoms with Gasteiger partial charge in [0.25, 0.3) is 0 Å². The molecule has 0 spiro atoms. The SMILES string of the molecule is Cc1ccc(-n2c(O)c(N=Nc3cccc(-c4cccc(OC(=O)O)c4)c3O)c3c(F)c(F)ccc32)cc1C. The van der Waals surface area contributed by atoms with Gasteiger partial charge in [-0.2, -0.15) is 0 Å². The molecule has 0 radical (unpaired) electrons. The van der Waals surface area contributed by atoms with Crippen molar-refractivity contribution in [2.45, 2.75) is 13.8 Å². The molecule has 39 heavy (non-hydrogen) atoms. The highest BCUT2D eigenvalue weighted by atomic mass is 19.2. The van der Waals surface area contributed by atoms with Crippen LogP contribution in [0, 0.1) is 25.5 Å². The van der Waals surface area contributed by atoms with E-state index in [0.717, 1.165) is 17.2 Å². The first kappa shape index (κ1) is 25.4. The van der Waals surface area contributed by atoms with Gasteiger partial charge in [-0.25, -0.2) is 13.6 Å². The third-order valence-electron chi connectivity index (χ3n) is 6.35. The molecule has 1 heterocycles. The maximum Gasteiger partial charge on any atom is 0.511 e. The predicted molar refractivity (Wildman–Crippen MR) is 141 cm³/mol. The lowest BCUT2D eigenvalue weighted by Crippen LogP contribution is -2.02. The highest BCUT2D eigenvalue weighted by molar-refractivity contribution is 5.97. The molecule has 5 rings (SSSR count). The zero-order valence-corrected chi connectivity index (χ0v) is 20.7. The standard InChI is InChI=1S/C29H21F2N3O5/c1-15-9-10-18(13-16(15)2)34-23-12-11-21(30)25(31)24(23)26(28(34)36)33-32-22-8-4-7-20(27(22)35)17-5-3-6-19(14-17)39-29(37)38/h3-14,35-36H,1-2H3,(H,37,38). The van der Waals surface area contributed by atoms with Crippen molar-refractivity contribution in [1.82, 2.24) is 4.57 Å². The van der Waals surface area contributed by atoms with Gasteiger partial charge in [0.2, 0.25) is 5.88 Å². The Hall–Kier alpha value is -5.25. The molecule has 0 saturated carbocycles. The Morgan fingerprint density at radius 2 is 1.67 bits per heavy atom. The number of phenols is 1. The van der Waals surface area contributed by atoms with Gasteiger partial charge in [0, 0.05) is 11.3 Å². The van der Waals surface area contributed by atoms with Crippen LogP contribution in [0.5, 0.6) is 17.4 Å². The van der Waals surface area contributed by atoms with E-state index in [-0.39, 0.29) is 33.8 Å². The first-order valence-corrected chi connectivity index (χ1v) is 11.7. The monoisotopic (exact) mass is 529 g/mol. The second-order valence-corrected chi connectivity index (χ2v) is 8.80. The Kier molecular flexibility index (Phi) is 6.45. The molecule has 3 N–H and O–H groups in total. The lowest BCUT2D eigenvalue weighted by atomic mass is 10.0. The number of aromatic nitrogens is 1. The number of aromatic hydroxyl groups is 2. The van der Waals surface area contributed by atoms with Crippen molar-refractivity contribution < 1.29 is 33.6 Å². The van der Waals surface area contributed by atoms with Crippen LogP contribution in [0.25, 0.3) is 27.7 Å². The van der Waals surface area contributed by atoms with E-state index in [2.05, 4.69) is 15.0 Å². The van der Waals surface area contributed by atoms with Crippen molar-refractivity contribution in [2.75, 3.05) is 0 Å². The van der Waals surface area contributed by atoms with Gasteiger partial charge < -0.3 is 20.1 Å². The van der Waals surface area contributed by atoms with Crippen LogP contribution in [0.2, 0.25) is 0 Å². The molecule has 0 amide bonds. The van der Waals surface area contributed by atoms with Crippen LogP contribution >= 0.6 is 0 Å². The van der Waals surface area contributed by atoms with Crippen molar-refractivity contribution in [3.05, 3.63) is 95.6 Å². The van der Waals surface area contributed by atoms with Gasteiger partial charge in [-0.05, 0) is 73.0 Å². The van der Waals surface area contributed by atoms with Crippen molar-refractivity contribution in [1.29, 1.82) is 0 Å². The summed E-state index contributed by atoms with van der Waals surface area (Å²) < 4.78 is 35.3. The molecular weight excluding hydrogens is 508 g/mol. The average Bonchev–Trinajstić information content (AvgIpc) is 3.18. The molecule has 0 unspecified atom stereocenters. The minimum atomic E-state index is -1.48. The molecule has 4 aromatic carbocycles. The normalized spacial score (nSPS) is 11.4. The number of nitrogens with zero attached hydrogens (tertiary/aromatic N) is 3. The van der Waals surface area contributed by atoms with Crippen LogP contribution < -0.4 is 4.74 Å². The van der Waals surface area contributed by atoms with Gasteiger partial charge in [0.15, 0.2) is 23.1 Å². The van der Waals surface area contributed by atoms with Crippen molar-refractivity contribution in [3.8, 4) is 34.2 Å². The highest BCUT2D eigenvalue weighted by Gasteiger charge is 2.24. The number of benzene rings is 4. The Morgan fingerprint density at radius 1 is 0.897 bits per heavy atom. The van der Waals surface area contributed by atoms with E-state index in [1.54, 1.807) is 36.4 Å². The number of ether oxygens (including phenoxy) is 1. The number of aryl methyl sites for hydroxylation is 2. The van der Waals surface area contributed by atoms with Crippen LogP contribution in [0.15, 0.2) is 83.0 Å². The van der Waals surface area contributed by atoms with Crippen molar-refractivity contribution in [3.63, 3.8) is 0 Å². The molecule has 8 nitrogen and oxygen atoms in total. The summed E-state index contributed by atoms with van der Waals surface area (Å²) in [6.07, 6.45) is -1.48. The Balaban J connectivity index is 1.63. The van der Waals surface area contributed by atoms with Crippen LogP contribution in [0.4, 0.5) is 25.0 Å². The number of phenolic OH excluding ortho intramolecular Hbond substituents is 1. The largest absolute Gasteiger partial charge is 0.511 e. The smallest absolute Gasteiger partial charge is 0.505 e. The van der Waals surface area contributed by atoms with Crippen LogP contribution in [-0.2, 0) is 0 Å². The first-order valence-electron chi connectivity index (χ1n) is 11.7. The fourth-order valence-electron chi connectivity index (χ4n) is 4.28. The van der Waals surface area contributed by atoms with Gasteiger partial charge >= 0.3 is 6.16 Å². The zero-order chi connectivity index (χ0) is 27.8. The number of hydrogen-bond donors (Lipinski definition) is 3. The minimum absolute atomic E-state index is 0.0275. The molecule has 5 aromatic rings. The number of halogens is 2. The topological polar surface area (TPSA) is 117 Å². The summed E-state index contributed by atoms with van der Waals surface area (Å²) in [5.41, 5.74) is 3.02. The van der Waals surface area contributed by atoms with Gasteiger partial charge in [0.1, 0.15) is 11.4 Å². The maximum atomic E-state index is 15.0. The molecule has 0 aliphatic carbocycles. The summed E-state index contributed by atoms with van der Waals surface area (Å²) in [4.78, 5) is 10.9. The fourth-order valence-corrected chi connectivity index (χ4v) is 4.28. The molecule has 10 heteroatoms. The van der Waals surface area contributed by atoms with E-state index in [4.69, 9.17) is 5.11 Å². The van der Waals surface area contributed by atoms with Crippen LogP contribution in [0.3, 0.4) is 0 Å². The molecule has 0 bridgehead atoms. The molecule has 0 saturated heterocycles. The summed E-state index contributed by atoms with van der Waals surface area (Å²) in [5, 5.41) is 38.7. The van der Waals surface area contributed by atoms with Crippen molar-refractivity contribution in [2.24, 2.45) is 10.2 Å². The van der Waals surface area contributed by atoms with E-state index in [1.807, 2.05) is 19.9 Å². The summed E-state index contributed by atoms with van der Waals surface area (Å²) in [6.45, 7) is 3.82. The van der Waals surface area contributed by atoms with Gasteiger partial charge in [-0.15, -0.1) is 10.2 Å². The summed E-state index contributed by atoms with van der Waals surface area (Å²) in [7, 11) is 0. The van der Waals surface area contributed by atoms with E-state index in [1.165, 1.54) is 28.8 Å². The molecule has 0 atom stereocenters. The second-order valence-electron chi connectivity index (χ2n) is 8.80. The lowest BCUT2D eigenvalue weighted by molar-refractivity contribution is 0.144. The van der Waals surface area contributed by atoms with E-state index in [9.17, 15) is 19.4 Å². The summed E-state index contributed by atoms with van der Waals surface area (Å²) >= 11 is 0. The molecule has 0 aliphatic rings. The van der Waals surface area contributed by atoms with Gasteiger partial charge in [-0.1, -0.05) is 30.3 Å². The summed E-state index contributed by atoms with van der Waals surface area (Å²) in [5.74, 6) is -3.04. The second kappa shape index (κ2) is 9.90. The highest BCUT2D eigenvalue weighted by Crippen LogP contribution is 2.45. The van der Waals surface area contributed by atoms with Gasteiger partial charge in [-0.3, -0.25) is 4.57 Å². The first-order chi connectivity index (χ1) is 18.7. The number of azo groups is 1. The molecule has 0 aliphatic heterocycles. The zero-order valence-electron chi connectivity index (χ0n) is 20.7. The number of para-hydroxylation sites is 1.